The van der Waals surface area contributed by atoms with Crippen molar-refractivity contribution in [1.29, 1.82) is 0 Å². The van der Waals surface area contributed by atoms with Crippen LogP contribution in [0.5, 0.6) is 0 Å². The first kappa shape index (κ1) is 18.0. The van der Waals surface area contributed by atoms with Crippen LogP contribution in [-0.4, -0.2) is 46.8 Å². The minimum absolute atomic E-state index is 0.0599. The van der Waals surface area contributed by atoms with E-state index in [1.165, 1.54) is 4.68 Å². The lowest BCUT2D eigenvalue weighted by atomic mass is 10.2. The van der Waals surface area contributed by atoms with E-state index in [4.69, 9.17) is 0 Å². The lowest BCUT2D eigenvalue weighted by Gasteiger charge is -2.23. The summed E-state index contributed by atoms with van der Waals surface area (Å²) in [5.41, 5.74) is 1.29. The minimum atomic E-state index is -0.161. The Morgan fingerprint density at radius 2 is 1.50 bits per heavy atom. The minimum Gasteiger partial charge on any atom is -0.353 e. The van der Waals surface area contributed by atoms with Gasteiger partial charge in [-0.3, -0.25) is 9.59 Å². The van der Waals surface area contributed by atoms with Crippen molar-refractivity contribution in [3.8, 4) is 5.69 Å². The molecule has 0 saturated carbocycles. The number of carbonyl (C=O) groups excluding carboxylic acids is 1. The molecule has 0 aliphatic carbocycles. The molecule has 1 amide bonds. The number of amides is 1. The summed E-state index contributed by atoms with van der Waals surface area (Å²) in [5.74, 6) is 0.808. The van der Waals surface area contributed by atoms with E-state index in [2.05, 4.69) is 10.00 Å². The lowest BCUT2D eigenvalue weighted by Crippen LogP contribution is -2.36. The van der Waals surface area contributed by atoms with E-state index >= 15 is 0 Å². The van der Waals surface area contributed by atoms with Crippen LogP contribution in [0.25, 0.3) is 5.69 Å². The Morgan fingerprint density at radius 1 is 0.786 bits per heavy atom. The molecule has 6 nitrogen and oxygen atoms in total. The first-order chi connectivity index (χ1) is 13.7. The average Bonchev–Trinajstić information content (AvgIpc) is 3.01. The molecule has 0 unspecified atom stereocenters. The van der Waals surface area contributed by atoms with E-state index in [0.29, 0.717) is 25.2 Å². The van der Waals surface area contributed by atoms with Crippen molar-refractivity contribution in [2.45, 2.75) is 6.42 Å². The molecular weight excluding hydrogens is 352 g/mol. The third kappa shape index (κ3) is 3.81. The smallest absolute Gasteiger partial charge is 0.271 e. The van der Waals surface area contributed by atoms with Gasteiger partial charge in [-0.25, -0.2) is 0 Å². The lowest BCUT2D eigenvalue weighted by molar-refractivity contribution is 0.0767. The van der Waals surface area contributed by atoms with Crippen LogP contribution < -0.4 is 10.5 Å². The zero-order chi connectivity index (χ0) is 19.3. The number of benzene rings is 2. The number of nitrogens with zero attached hydrogens (tertiary/aromatic N) is 4. The van der Waals surface area contributed by atoms with Gasteiger partial charge in [-0.2, -0.15) is 4.68 Å². The quantitative estimate of drug-likeness (QED) is 0.707. The molecule has 0 spiro atoms. The van der Waals surface area contributed by atoms with Crippen LogP contribution in [0, 0.1) is 0 Å². The van der Waals surface area contributed by atoms with E-state index in [0.717, 1.165) is 24.5 Å². The predicted molar refractivity (Wildman–Crippen MR) is 109 cm³/mol. The van der Waals surface area contributed by atoms with Gasteiger partial charge >= 0.3 is 0 Å². The van der Waals surface area contributed by atoms with Gasteiger partial charge in [0.05, 0.1) is 5.69 Å². The molecule has 1 aromatic heterocycles. The fourth-order valence-corrected chi connectivity index (χ4v) is 3.44. The summed E-state index contributed by atoms with van der Waals surface area (Å²) >= 11 is 0. The Labute approximate surface area is 163 Å². The SMILES string of the molecule is O=C(c1ccccc1)N1CCCN(c2ccc(=O)n(-c3ccccc3)n2)CC1. The van der Waals surface area contributed by atoms with Gasteiger partial charge in [-0.05, 0) is 36.8 Å². The summed E-state index contributed by atoms with van der Waals surface area (Å²) in [6.45, 7) is 2.81. The van der Waals surface area contributed by atoms with Gasteiger partial charge in [0.2, 0.25) is 0 Å². The first-order valence-corrected chi connectivity index (χ1v) is 9.47. The molecule has 142 valence electrons. The van der Waals surface area contributed by atoms with Crippen LogP contribution in [0.15, 0.2) is 77.6 Å². The average molecular weight is 374 g/mol. The largest absolute Gasteiger partial charge is 0.353 e. The Balaban J connectivity index is 1.52. The number of aromatic nitrogens is 2. The van der Waals surface area contributed by atoms with Crippen LogP contribution in [0.4, 0.5) is 5.82 Å². The van der Waals surface area contributed by atoms with E-state index in [1.54, 1.807) is 12.1 Å². The zero-order valence-electron chi connectivity index (χ0n) is 15.6. The van der Waals surface area contributed by atoms with Gasteiger partial charge in [-0.15, -0.1) is 5.10 Å². The highest BCUT2D eigenvalue weighted by Crippen LogP contribution is 2.15. The van der Waals surface area contributed by atoms with Crippen LogP contribution in [0.2, 0.25) is 0 Å². The standard InChI is InChI=1S/C22H22N4O2/c27-21-13-12-20(23-26(21)19-10-5-2-6-11-19)24-14-7-15-25(17-16-24)22(28)18-8-3-1-4-9-18/h1-6,8-13H,7,14-17H2. The Kier molecular flexibility index (Phi) is 5.19. The van der Waals surface area contributed by atoms with Crippen molar-refractivity contribution in [2.75, 3.05) is 31.1 Å². The summed E-state index contributed by atoms with van der Waals surface area (Å²) in [7, 11) is 0. The Bertz CT molecular complexity index is 1000. The number of hydrogen-bond acceptors (Lipinski definition) is 4. The topological polar surface area (TPSA) is 58.4 Å². The molecule has 0 bridgehead atoms. The Hall–Kier alpha value is -3.41. The fraction of sp³-hybridized carbons (Fsp3) is 0.227. The van der Waals surface area contributed by atoms with Gasteiger partial charge in [-0.1, -0.05) is 36.4 Å². The molecule has 0 radical (unpaired) electrons. The highest BCUT2D eigenvalue weighted by atomic mass is 16.2. The Morgan fingerprint density at radius 3 is 2.25 bits per heavy atom. The second-order valence-electron chi connectivity index (χ2n) is 6.78. The maximum absolute atomic E-state index is 12.7. The normalized spacial score (nSPS) is 14.6. The van der Waals surface area contributed by atoms with Gasteiger partial charge in [0.15, 0.2) is 0 Å². The summed E-state index contributed by atoms with van der Waals surface area (Å²) in [5, 5.41) is 4.56. The molecule has 2 aromatic carbocycles. The molecule has 6 heteroatoms. The van der Waals surface area contributed by atoms with E-state index < -0.39 is 0 Å². The highest BCUT2D eigenvalue weighted by Gasteiger charge is 2.21. The van der Waals surface area contributed by atoms with Gasteiger partial charge in [0.25, 0.3) is 11.5 Å². The predicted octanol–water partition coefficient (Wildman–Crippen LogP) is 2.59. The molecule has 1 saturated heterocycles. The van der Waals surface area contributed by atoms with Gasteiger partial charge < -0.3 is 9.80 Å². The molecule has 1 fully saturated rings. The number of rotatable bonds is 3. The van der Waals surface area contributed by atoms with E-state index in [-0.39, 0.29) is 11.5 Å². The van der Waals surface area contributed by atoms with Crippen molar-refractivity contribution in [3.63, 3.8) is 0 Å². The van der Waals surface area contributed by atoms with E-state index in [9.17, 15) is 9.59 Å². The van der Waals surface area contributed by atoms with Crippen LogP contribution in [0.3, 0.4) is 0 Å². The van der Waals surface area contributed by atoms with Crippen molar-refractivity contribution in [3.05, 3.63) is 88.7 Å². The van der Waals surface area contributed by atoms with Crippen LogP contribution >= 0.6 is 0 Å². The number of anilines is 1. The van der Waals surface area contributed by atoms with Crippen molar-refractivity contribution >= 4 is 11.7 Å². The molecule has 1 aliphatic heterocycles. The third-order valence-corrected chi connectivity index (χ3v) is 4.91. The molecular formula is C22H22N4O2. The molecule has 0 atom stereocenters. The van der Waals surface area contributed by atoms with Crippen LogP contribution in [0.1, 0.15) is 16.8 Å². The second-order valence-corrected chi connectivity index (χ2v) is 6.78. The molecule has 28 heavy (non-hydrogen) atoms. The number of hydrogen-bond donors (Lipinski definition) is 0. The number of para-hydroxylation sites is 1. The monoisotopic (exact) mass is 374 g/mol. The molecule has 4 rings (SSSR count). The van der Waals surface area contributed by atoms with Crippen LogP contribution in [-0.2, 0) is 0 Å². The summed E-state index contributed by atoms with van der Waals surface area (Å²) in [4.78, 5) is 29.0. The first-order valence-electron chi connectivity index (χ1n) is 9.47. The maximum atomic E-state index is 12.7. The molecule has 2 heterocycles. The second kappa shape index (κ2) is 8.08. The van der Waals surface area contributed by atoms with Gasteiger partial charge in [0, 0.05) is 37.8 Å². The summed E-state index contributed by atoms with van der Waals surface area (Å²) in [6.07, 6.45) is 0.852. The molecule has 0 N–H and O–H groups in total. The van der Waals surface area contributed by atoms with Crippen molar-refractivity contribution in [2.24, 2.45) is 0 Å². The maximum Gasteiger partial charge on any atom is 0.271 e. The summed E-state index contributed by atoms with van der Waals surface area (Å²) < 4.78 is 1.42. The zero-order valence-corrected chi connectivity index (χ0v) is 15.6. The number of carbonyl (C=O) groups is 1. The molecule has 1 aliphatic rings. The third-order valence-electron chi connectivity index (χ3n) is 4.91. The fourth-order valence-electron chi connectivity index (χ4n) is 3.44. The molecule has 3 aromatic rings. The van der Waals surface area contributed by atoms with Gasteiger partial charge in [0.1, 0.15) is 5.82 Å². The van der Waals surface area contributed by atoms with Crippen molar-refractivity contribution in [1.82, 2.24) is 14.7 Å². The highest BCUT2D eigenvalue weighted by molar-refractivity contribution is 5.94. The van der Waals surface area contributed by atoms with Crippen molar-refractivity contribution < 1.29 is 4.79 Å². The van der Waals surface area contributed by atoms with E-state index in [1.807, 2.05) is 65.6 Å². The summed E-state index contributed by atoms with van der Waals surface area (Å²) in [6, 6.07) is 22.1.